The lowest BCUT2D eigenvalue weighted by Crippen LogP contribution is -2.16. The smallest absolute Gasteiger partial charge is 0.0668 e. The van der Waals surface area contributed by atoms with E-state index in [9.17, 15) is 0 Å². The van der Waals surface area contributed by atoms with Crippen molar-refractivity contribution in [2.75, 3.05) is 0 Å². The molecule has 0 saturated heterocycles. The van der Waals surface area contributed by atoms with E-state index < -0.39 is 0 Å². The standard InChI is InChI=1S/C16H17N/c1-2-6-15(17)12-11-14-9-5-8-13-7-3-4-10-16(13)14/h3-5,7-10,15H,2,6,17H2,1H3. The van der Waals surface area contributed by atoms with Crippen molar-refractivity contribution in [1.82, 2.24) is 0 Å². The molecule has 17 heavy (non-hydrogen) atoms. The molecule has 1 heteroatoms. The topological polar surface area (TPSA) is 26.0 Å². The van der Waals surface area contributed by atoms with Crippen LogP contribution in [0.2, 0.25) is 0 Å². The summed E-state index contributed by atoms with van der Waals surface area (Å²) in [5, 5.41) is 2.43. The molecule has 2 aromatic rings. The third kappa shape index (κ3) is 2.87. The molecule has 1 atom stereocenters. The summed E-state index contributed by atoms with van der Waals surface area (Å²) in [7, 11) is 0. The molecular formula is C16H17N. The Hall–Kier alpha value is -1.78. The molecule has 0 heterocycles. The minimum Gasteiger partial charge on any atom is -0.318 e. The fourth-order valence-electron chi connectivity index (χ4n) is 1.89. The molecule has 86 valence electrons. The largest absolute Gasteiger partial charge is 0.318 e. The fourth-order valence-corrected chi connectivity index (χ4v) is 1.89. The van der Waals surface area contributed by atoms with E-state index in [2.05, 4.69) is 37.0 Å². The molecule has 0 amide bonds. The van der Waals surface area contributed by atoms with Crippen molar-refractivity contribution in [1.29, 1.82) is 0 Å². The number of hydrogen-bond donors (Lipinski definition) is 1. The van der Waals surface area contributed by atoms with Gasteiger partial charge in [0.25, 0.3) is 0 Å². The first-order valence-corrected chi connectivity index (χ1v) is 6.06. The molecule has 0 spiro atoms. The zero-order valence-corrected chi connectivity index (χ0v) is 10.1. The second-order valence-corrected chi connectivity index (χ2v) is 4.19. The Labute approximate surface area is 103 Å². The molecule has 1 nitrogen and oxygen atoms in total. The van der Waals surface area contributed by atoms with Crippen molar-refractivity contribution < 1.29 is 0 Å². The molecule has 1 unspecified atom stereocenters. The van der Waals surface area contributed by atoms with Gasteiger partial charge in [-0.25, -0.2) is 0 Å². The van der Waals surface area contributed by atoms with Crippen molar-refractivity contribution in [3.8, 4) is 11.8 Å². The molecule has 0 fully saturated rings. The molecule has 2 aromatic carbocycles. The maximum Gasteiger partial charge on any atom is 0.0668 e. The van der Waals surface area contributed by atoms with Crippen LogP contribution in [0, 0.1) is 11.8 Å². The summed E-state index contributed by atoms with van der Waals surface area (Å²) in [5.74, 6) is 6.32. The molecule has 0 saturated carbocycles. The van der Waals surface area contributed by atoms with E-state index >= 15 is 0 Å². The van der Waals surface area contributed by atoms with Crippen LogP contribution in [0.5, 0.6) is 0 Å². The monoisotopic (exact) mass is 223 g/mol. The summed E-state index contributed by atoms with van der Waals surface area (Å²) < 4.78 is 0. The number of rotatable bonds is 2. The van der Waals surface area contributed by atoms with Gasteiger partial charge in [-0.1, -0.05) is 61.6 Å². The van der Waals surface area contributed by atoms with E-state index in [0.717, 1.165) is 18.4 Å². The molecular weight excluding hydrogens is 206 g/mol. The van der Waals surface area contributed by atoms with Crippen LogP contribution in [0.1, 0.15) is 25.3 Å². The highest BCUT2D eigenvalue weighted by molar-refractivity contribution is 5.88. The van der Waals surface area contributed by atoms with Crippen LogP contribution in [0.25, 0.3) is 10.8 Å². The quantitative estimate of drug-likeness (QED) is 0.776. The molecule has 0 aliphatic rings. The normalized spacial score (nSPS) is 11.9. The molecule has 0 bridgehead atoms. The Bertz CT molecular complexity index is 555. The lowest BCUT2D eigenvalue weighted by molar-refractivity contribution is 0.720. The fraction of sp³-hybridized carbons (Fsp3) is 0.250. The van der Waals surface area contributed by atoms with Crippen molar-refractivity contribution in [3.05, 3.63) is 48.0 Å². The summed E-state index contributed by atoms with van der Waals surface area (Å²) in [6.07, 6.45) is 2.03. The van der Waals surface area contributed by atoms with Gasteiger partial charge in [0.05, 0.1) is 6.04 Å². The minimum absolute atomic E-state index is 0.0148. The van der Waals surface area contributed by atoms with Gasteiger partial charge < -0.3 is 5.73 Å². The van der Waals surface area contributed by atoms with Crippen molar-refractivity contribution in [2.24, 2.45) is 5.73 Å². The number of benzene rings is 2. The summed E-state index contributed by atoms with van der Waals surface area (Å²) >= 11 is 0. The highest BCUT2D eigenvalue weighted by Gasteiger charge is 1.97. The average Bonchev–Trinajstić information content (AvgIpc) is 2.36. The molecule has 2 N–H and O–H groups in total. The molecule has 0 aliphatic carbocycles. The van der Waals surface area contributed by atoms with Crippen molar-refractivity contribution >= 4 is 10.8 Å². The first-order valence-electron chi connectivity index (χ1n) is 6.06. The van der Waals surface area contributed by atoms with Gasteiger partial charge in [0.1, 0.15) is 0 Å². The number of fused-ring (bicyclic) bond motifs is 1. The predicted octanol–water partition coefficient (Wildman–Crippen LogP) is 3.32. The molecule has 2 rings (SSSR count). The summed E-state index contributed by atoms with van der Waals surface area (Å²) in [6.45, 7) is 2.12. The number of nitrogens with two attached hydrogens (primary N) is 1. The van der Waals surface area contributed by atoms with Gasteiger partial charge in [0.15, 0.2) is 0 Å². The van der Waals surface area contributed by atoms with Gasteiger partial charge in [0.2, 0.25) is 0 Å². The molecule has 0 aromatic heterocycles. The van der Waals surface area contributed by atoms with Gasteiger partial charge in [-0.05, 0) is 23.3 Å². The van der Waals surface area contributed by atoms with Crippen LogP contribution >= 0.6 is 0 Å². The zero-order valence-electron chi connectivity index (χ0n) is 10.1. The summed E-state index contributed by atoms with van der Waals surface area (Å²) in [6, 6.07) is 14.5. The third-order valence-corrected chi connectivity index (χ3v) is 2.78. The Morgan fingerprint density at radius 3 is 2.71 bits per heavy atom. The van der Waals surface area contributed by atoms with E-state index in [0.29, 0.717) is 0 Å². The van der Waals surface area contributed by atoms with Gasteiger partial charge in [-0.15, -0.1) is 0 Å². The van der Waals surface area contributed by atoms with Crippen LogP contribution in [0.15, 0.2) is 42.5 Å². The molecule has 0 radical (unpaired) electrons. The Morgan fingerprint density at radius 1 is 1.12 bits per heavy atom. The summed E-state index contributed by atoms with van der Waals surface area (Å²) in [4.78, 5) is 0. The van der Waals surface area contributed by atoms with E-state index in [4.69, 9.17) is 5.73 Å². The van der Waals surface area contributed by atoms with Gasteiger partial charge >= 0.3 is 0 Å². The van der Waals surface area contributed by atoms with Crippen LogP contribution in [0.4, 0.5) is 0 Å². The number of hydrogen-bond acceptors (Lipinski definition) is 1. The van der Waals surface area contributed by atoms with Crippen molar-refractivity contribution in [3.63, 3.8) is 0 Å². The van der Waals surface area contributed by atoms with E-state index in [1.54, 1.807) is 0 Å². The third-order valence-electron chi connectivity index (χ3n) is 2.78. The highest BCUT2D eigenvalue weighted by Crippen LogP contribution is 2.17. The maximum absolute atomic E-state index is 5.90. The van der Waals surface area contributed by atoms with Crippen LogP contribution in [-0.2, 0) is 0 Å². The second-order valence-electron chi connectivity index (χ2n) is 4.19. The zero-order chi connectivity index (χ0) is 12.1. The molecule has 0 aliphatic heterocycles. The summed E-state index contributed by atoms with van der Waals surface area (Å²) in [5.41, 5.74) is 6.97. The second kappa shape index (κ2) is 5.52. The first-order chi connectivity index (χ1) is 8.31. The maximum atomic E-state index is 5.90. The Balaban J connectivity index is 2.36. The SMILES string of the molecule is CCCC(N)C#Cc1cccc2ccccc12. The Kier molecular flexibility index (Phi) is 3.80. The predicted molar refractivity (Wildman–Crippen MR) is 73.7 cm³/mol. The van der Waals surface area contributed by atoms with Crippen LogP contribution in [-0.4, -0.2) is 6.04 Å². The minimum atomic E-state index is -0.0148. The van der Waals surface area contributed by atoms with Gasteiger partial charge in [0, 0.05) is 5.56 Å². The lowest BCUT2D eigenvalue weighted by Gasteiger charge is -2.01. The van der Waals surface area contributed by atoms with Gasteiger partial charge in [-0.3, -0.25) is 0 Å². The van der Waals surface area contributed by atoms with Gasteiger partial charge in [-0.2, -0.15) is 0 Å². The highest BCUT2D eigenvalue weighted by atomic mass is 14.6. The van der Waals surface area contributed by atoms with E-state index in [-0.39, 0.29) is 6.04 Å². The van der Waals surface area contributed by atoms with E-state index in [1.807, 2.05) is 24.3 Å². The van der Waals surface area contributed by atoms with Crippen LogP contribution < -0.4 is 5.73 Å². The lowest BCUT2D eigenvalue weighted by atomic mass is 10.0. The Morgan fingerprint density at radius 2 is 1.88 bits per heavy atom. The first kappa shape index (κ1) is 11.7. The van der Waals surface area contributed by atoms with Crippen LogP contribution in [0.3, 0.4) is 0 Å². The van der Waals surface area contributed by atoms with Crippen molar-refractivity contribution in [2.45, 2.75) is 25.8 Å². The average molecular weight is 223 g/mol. The van der Waals surface area contributed by atoms with E-state index in [1.165, 1.54) is 10.8 Å².